The van der Waals surface area contributed by atoms with Crippen molar-refractivity contribution in [2.75, 3.05) is 39.2 Å². The number of furan rings is 1. The van der Waals surface area contributed by atoms with E-state index in [2.05, 4.69) is 5.32 Å². The lowest BCUT2D eigenvalue weighted by Crippen LogP contribution is -2.45. The molecule has 34 heavy (non-hydrogen) atoms. The third-order valence-corrected chi connectivity index (χ3v) is 5.09. The van der Waals surface area contributed by atoms with E-state index in [1.165, 1.54) is 30.4 Å². The van der Waals surface area contributed by atoms with Crippen LogP contribution in [0, 0.1) is 5.82 Å². The summed E-state index contributed by atoms with van der Waals surface area (Å²) in [6, 6.07) is 15.9. The molecule has 0 aliphatic carbocycles. The van der Waals surface area contributed by atoms with E-state index in [9.17, 15) is 14.0 Å². The molecule has 3 aromatic rings. The van der Waals surface area contributed by atoms with E-state index in [1.54, 1.807) is 60.5 Å². The topological polar surface area (TPSA) is 84.2 Å². The number of carbonyl (C=O) groups excluding carboxylic acids is 2. The first-order valence-corrected chi connectivity index (χ1v) is 10.7. The molecule has 0 aliphatic heterocycles. The molecule has 3 rings (SSSR count). The molecule has 0 spiro atoms. The quantitative estimate of drug-likeness (QED) is 0.456. The van der Waals surface area contributed by atoms with Gasteiger partial charge in [0.1, 0.15) is 23.9 Å². The predicted octanol–water partition coefficient (Wildman–Crippen LogP) is 4.14. The fourth-order valence-corrected chi connectivity index (χ4v) is 3.23. The van der Waals surface area contributed by atoms with Crippen molar-refractivity contribution in [2.24, 2.45) is 0 Å². The first-order valence-electron chi connectivity index (χ1n) is 10.7. The molecular formula is C25H28FN3O5. The summed E-state index contributed by atoms with van der Waals surface area (Å²) < 4.78 is 29.0. The molecule has 1 N–H and O–H groups in total. The van der Waals surface area contributed by atoms with Gasteiger partial charge in [0.05, 0.1) is 26.5 Å². The van der Waals surface area contributed by atoms with Crippen LogP contribution in [-0.4, -0.2) is 55.7 Å². The van der Waals surface area contributed by atoms with Gasteiger partial charge in [-0.3, -0.25) is 4.79 Å². The smallest absolute Gasteiger partial charge is 0.322 e. The minimum absolute atomic E-state index is 0.173. The minimum atomic E-state index is -0.435. The number of anilines is 1. The van der Waals surface area contributed by atoms with Crippen molar-refractivity contribution in [3.8, 4) is 5.75 Å². The van der Waals surface area contributed by atoms with Gasteiger partial charge in [-0.1, -0.05) is 12.1 Å². The molecule has 0 bridgehead atoms. The highest BCUT2D eigenvalue weighted by atomic mass is 19.1. The molecule has 8 nitrogen and oxygen atoms in total. The summed E-state index contributed by atoms with van der Waals surface area (Å²) in [6.45, 7) is 0.752. The van der Waals surface area contributed by atoms with Crippen LogP contribution >= 0.6 is 0 Å². The summed E-state index contributed by atoms with van der Waals surface area (Å²) in [4.78, 5) is 29.2. The number of urea groups is 1. The maximum atomic E-state index is 13.3. The number of methoxy groups -OCH3 is 2. The number of halogens is 1. The van der Waals surface area contributed by atoms with Crippen LogP contribution in [0.2, 0.25) is 0 Å². The second-order valence-corrected chi connectivity index (χ2v) is 7.53. The van der Waals surface area contributed by atoms with E-state index in [0.29, 0.717) is 17.2 Å². The Balaban J connectivity index is 1.73. The molecular weight excluding hydrogens is 441 g/mol. The van der Waals surface area contributed by atoms with Crippen LogP contribution in [0.4, 0.5) is 14.9 Å². The highest BCUT2D eigenvalue weighted by Gasteiger charge is 2.22. The molecule has 1 heterocycles. The van der Waals surface area contributed by atoms with E-state index in [-0.39, 0.29) is 44.5 Å². The molecule has 2 aromatic carbocycles. The Morgan fingerprint density at radius 3 is 2.32 bits per heavy atom. The number of ether oxygens (including phenoxy) is 2. The Morgan fingerprint density at radius 1 is 0.971 bits per heavy atom. The van der Waals surface area contributed by atoms with Gasteiger partial charge in [0.15, 0.2) is 0 Å². The molecule has 3 amide bonds. The van der Waals surface area contributed by atoms with Crippen molar-refractivity contribution in [3.05, 3.63) is 84.1 Å². The van der Waals surface area contributed by atoms with E-state index < -0.39 is 6.03 Å². The number of carbonyl (C=O) groups is 2. The molecule has 1 aromatic heterocycles. The van der Waals surface area contributed by atoms with Gasteiger partial charge in [-0.15, -0.1) is 0 Å². The fourth-order valence-electron chi connectivity index (χ4n) is 3.23. The van der Waals surface area contributed by atoms with Gasteiger partial charge < -0.3 is 29.0 Å². The van der Waals surface area contributed by atoms with Crippen LogP contribution in [0.15, 0.2) is 71.3 Å². The average molecular weight is 470 g/mol. The maximum Gasteiger partial charge on any atom is 0.322 e. The average Bonchev–Trinajstić information content (AvgIpc) is 3.36. The third kappa shape index (κ3) is 7.35. The number of hydrogen-bond donors (Lipinski definition) is 1. The highest BCUT2D eigenvalue weighted by molar-refractivity contribution is 5.92. The molecule has 0 aliphatic rings. The van der Waals surface area contributed by atoms with Gasteiger partial charge in [-0.05, 0) is 54.1 Å². The third-order valence-electron chi connectivity index (χ3n) is 5.09. The minimum Gasteiger partial charge on any atom is -0.497 e. The largest absolute Gasteiger partial charge is 0.497 e. The Hall–Kier alpha value is -3.85. The highest BCUT2D eigenvalue weighted by Crippen LogP contribution is 2.16. The Kier molecular flexibility index (Phi) is 9.04. The lowest BCUT2D eigenvalue weighted by Gasteiger charge is -2.27. The Bertz CT molecular complexity index is 1040. The molecule has 0 radical (unpaired) electrons. The molecule has 0 unspecified atom stereocenters. The van der Waals surface area contributed by atoms with E-state index in [1.807, 2.05) is 0 Å². The molecule has 0 saturated carbocycles. The normalized spacial score (nSPS) is 10.6. The first-order chi connectivity index (χ1) is 16.5. The van der Waals surface area contributed by atoms with Crippen molar-refractivity contribution in [3.63, 3.8) is 0 Å². The van der Waals surface area contributed by atoms with E-state index >= 15 is 0 Å². The van der Waals surface area contributed by atoms with Crippen molar-refractivity contribution in [1.29, 1.82) is 0 Å². The summed E-state index contributed by atoms with van der Waals surface area (Å²) in [7, 11) is 3.09. The second-order valence-electron chi connectivity index (χ2n) is 7.53. The van der Waals surface area contributed by atoms with Crippen molar-refractivity contribution < 1.29 is 27.9 Å². The lowest BCUT2D eigenvalue weighted by atomic mass is 10.2. The van der Waals surface area contributed by atoms with Crippen LogP contribution in [0.3, 0.4) is 0 Å². The van der Waals surface area contributed by atoms with Crippen molar-refractivity contribution in [2.45, 2.75) is 13.1 Å². The number of benzene rings is 2. The van der Waals surface area contributed by atoms with E-state index in [4.69, 9.17) is 13.9 Å². The van der Waals surface area contributed by atoms with Crippen LogP contribution in [0.25, 0.3) is 0 Å². The van der Waals surface area contributed by atoms with Crippen LogP contribution in [0.5, 0.6) is 5.75 Å². The van der Waals surface area contributed by atoms with Gasteiger partial charge in [0.2, 0.25) is 5.91 Å². The van der Waals surface area contributed by atoms with Gasteiger partial charge in [-0.25, -0.2) is 9.18 Å². The summed E-state index contributed by atoms with van der Waals surface area (Å²) in [6.07, 6.45) is 1.53. The predicted molar refractivity (Wildman–Crippen MR) is 125 cm³/mol. The summed E-state index contributed by atoms with van der Waals surface area (Å²) in [5, 5.41) is 2.79. The van der Waals surface area contributed by atoms with Gasteiger partial charge in [-0.2, -0.15) is 0 Å². The van der Waals surface area contributed by atoms with Crippen LogP contribution in [0.1, 0.15) is 11.3 Å². The molecule has 0 atom stereocenters. The summed E-state index contributed by atoms with van der Waals surface area (Å²) >= 11 is 0. The van der Waals surface area contributed by atoms with Crippen molar-refractivity contribution >= 4 is 17.6 Å². The number of hydrogen-bond acceptors (Lipinski definition) is 5. The molecule has 0 saturated heterocycles. The number of rotatable bonds is 11. The molecule has 0 fully saturated rings. The van der Waals surface area contributed by atoms with Crippen molar-refractivity contribution in [1.82, 2.24) is 9.80 Å². The van der Waals surface area contributed by atoms with Crippen LogP contribution in [-0.2, 0) is 22.6 Å². The number of amides is 3. The molecule has 9 heteroatoms. The van der Waals surface area contributed by atoms with E-state index in [0.717, 1.165) is 5.56 Å². The standard InChI is InChI=1S/C25H28FN3O5/c1-32-15-13-28(25(31)27-21-9-11-22(33-2)12-10-21)18-24(30)29(17-23-4-3-14-34-23)16-19-5-7-20(26)8-6-19/h3-12,14H,13,15-18H2,1-2H3,(H,27,31). The maximum absolute atomic E-state index is 13.3. The zero-order valence-corrected chi connectivity index (χ0v) is 19.2. The Labute approximate surface area is 197 Å². The van der Waals surface area contributed by atoms with Gasteiger partial charge >= 0.3 is 6.03 Å². The summed E-state index contributed by atoms with van der Waals surface area (Å²) in [5.74, 6) is 0.621. The second kappa shape index (κ2) is 12.4. The number of nitrogens with zero attached hydrogens (tertiary/aromatic N) is 2. The zero-order valence-electron chi connectivity index (χ0n) is 19.2. The Morgan fingerprint density at radius 2 is 1.71 bits per heavy atom. The van der Waals surface area contributed by atoms with Crippen LogP contribution < -0.4 is 10.1 Å². The monoisotopic (exact) mass is 469 g/mol. The zero-order chi connectivity index (χ0) is 24.3. The summed E-state index contributed by atoms with van der Waals surface area (Å²) in [5.41, 5.74) is 1.33. The lowest BCUT2D eigenvalue weighted by molar-refractivity contribution is -0.133. The fraction of sp³-hybridized carbons (Fsp3) is 0.280. The number of nitrogens with one attached hydrogen (secondary N) is 1. The van der Waals surface area contributed by atoms with Gasteiger partial charge in [0.25, 0.3) is 0 Å². The molecule has 180 valence electrons. The SMILES string of the molecule is COCCN(CC(=O)N(Cc1ccc(F)cc1)Cc1ccco1)C(=O)Nc1ccc(OC)cc1. The van der Waals surface area contributed by atoms with Gasteiger partial charge in [0, 0.05) is 25.9 Å². The first kappa shape index (κ1) is 24.8.